The molecule has 1 amide bonds. The molecule has 6 nitrogen and oxygen atoms in total. The van der Waals surface area contributed by atoms with Crippen LogP contribution >= 0.6 is 0 Å². The topological polar surface area (TPSA) is 85.9 Å². The second-order valence-electron chi connectivity index (χ2n) is 4.98. The zero-order valence-electron chi connectivity index (χ0n) is 12.1. The fraction of sp³-hybridized carbons (Fsp3) is 0.118. The number of carboxylic acid groups (broad SMARTS) is 1. The molecule has 2 heterocycles. The summed E-state index contributed by atoms with van der Waals surface area (Å²) >= 11 is 0. The zero-order valence-corrected chi connectivity index (χ0v) is 12.1. The molecule has 6 heteroatoms. The van der Waals surface area contributed by atoms with Gasteiger partial charge in [-0.3, -0.25) is 4.79 Å². The number of benzene rings is 1. The second kappa shape index (κ2) is 6.31. The molecule has 23 heavy (non-hydrogen) atoms. The zero-order chi connectivity index (χ0) is 16.2. The van der Waals surface area contributed by atoms with Gasteiger partial charge in [-0.2, -0.15) is 5.10 Å². The summed E-state index contributed by atoms with van der Waals surface area (Å²) in [6.07, 6.45) is 3.64. The summed E-state index contributed by atoms with van der Waals surface area (Å²) < 4.78 is 5.39. The average Bonchev–Trinajstić information content (AvgIpc) is 3.22. The van der Waals surface area contributed by atoms with E-state index in [1.807, 2.05) is 30.3 Å². The van der Waals surface area contributed by atoms with Gasteiger partial charge in [0.25, 0.3) is 5.91 Å². The van der Waals surface area contributed by atoms with E-state index in [-0.39, 0.29) is 0 Å². The SMILES string of the molecule is O=C([O-])C=CC(=O)N1N=C(c2ccccc2)C[C@@H]1c1ccco1. The first-order valence-corrected chi connectivity index (χ1v) is 7.03. The number of rotatable bonds is 4. The number of hydrogen-bond acceptors (Lipinski definition) is 5. The van der Waals surface area contributed by atoms with Crippen LogP contribution in [0, 0.1) is 0 Å². The van der Waals surface area contributed by atoms with Crippen molar-refractivity contribution in [1.29, 1.82) is 0 Å². The predicted octanol–water partition coefficient (Wildman–Crippen LogP) is 1.26. The van der Waals surface area contributed by atoms with Crippen molar-refractivity contribution in [1.82, 2.24) is 5.01 Å². The quantitative estimate of drug-likeness (QED) is 0.796. The maximum Gasteiger partial charge on any atom is 0.267 e. The van der Waals surface area contributed by atoms with Gasteiger partial charge in [-0.05, 0) is 23.8 Å². The van der Waals surface area contributed by atoms with Gasteiger partial charge >= 0.3 is 0 Å². The highest BCUT2D eigenvalue weighted by molar-refractivity contribution is 6.04. The van der Waals surface area contributed by atoms with E-state index in [4.69, 9.17) is 4.42 Å². The van der Waals surface area contributed by atoms with Crippen LogP contribution in [0.25, 0.3) is 0 Å². The molecule has 1 aliphatic rings. The Hall–Kier alpha value is -3.15. The van der Waals surface area contributed by atoms with Crippen LogP contribution in [0.1, 0.15) is 23.8 Å². The lowest BCUT2D eigenvalue weighted by atomic mass is 10.0. The number of furan rings is 1. The number of hydrazone groups is 1. The number of carboxylic acids is 1. The molecular formula is C17H13N2O4-. The van der Waals surface area contributed by atoms with Crippen molar-refractivity contribution in [3.05, 3.63) is 72.2 Å². The molecular weight excluding hydrogens is 296 g/mol. The Morgan fingerprint density at radius 3 is 2.61 bits per heavy atom. The van der Waals surface area contributed by atoms with Crippen molar-refractivity contribution in [2.24, 2.45) is 5.10 Å². The summed E-state index contributed by atoms with van der Waals surface area (Å²) in [7, 11) is 0. The van der Waals surface area contributed by atoms with E-state index < -0.39 is 17.9 Å². The first kappa shape index (κ1) is 14.8. The van der Waals surface area contributed by atoms with Crippen LogP contribution in [-0.4, -0.2) is 22.6 Å². The van der Waals surface area contributed by atoms with E-state index >= 15 is 0 Å². The maximum absolute atomic E-state index is 12.2. The molecule has 3 rings (SSSR count). The second-order valence-corrected chi connectivity index (χ2v) is 4.98. The van der Waals surface area contributed by atoms with Crippen LogP contribution < -0.4 is 5.11 Å². The summed E-state index contributed by atoms with van der Waals surface area (Å²) in [5.74, 6) is -1.38. The van der Waals surface area contributed by atoms with Gasteiger partial charge in [0.05, 0.1) is 17.9 Å². The lowest BCUT2D eigenvalue weighted by Crippen LogP contribution is -2.26. The Bertz CT molecular complexity index is 763. The summed E-state index contributed by atoms with van der Waals surface area (Å²) in [5, 5.41) is 16.1. The van der Waals surface area contributed by atoms with E-state index in [0.29, 0.717) is 18.3 Å². The van der Waals surface area contributed by atoms with Gasteiger partial charge in [-0.1, -0.05) is 30.3 Å². The van der Waals surface area contributed by atoms with E-state index in [1.54, 1.807) is 12.1 Å². The molecule has 1 atom stereocenters. The van der Waals surface area contributed by atoms with Crippen molar-refractivity contribution in [2.75, 3.05) is 0 Å². The van der Waals surface area contributed by atoms with Crippen molar-refractivity contribution < 1.29 is 19.1 Å². The molecule has 0 unspecified atom stereocenters. The smallest absolute Gasteiger partial charge is 0.267 e. The van der Waals surface area contributed by atoms with Gasteiger partial charge in [0.15, 0.2) is 0 Å². The number of aliphatic carboxylic acids is 1. The summed E-state index contributed by atoms with van der Waals surface area (Å²) in [4.78, 5) is 22.7. The van der Waals surface area contributed by atoms with Crippen molar-refractivity contribution in [3.63, 3.8) is 0 Å². The predicted molar refractivity (Wildman–Crippen MR) is 80.0 cm³/mol. The summed E-state index contributed by atoms with van der Waals surface area (Å²) in [5.41, 5.74) is 1.64. The summed E-state index contributed by atoms with van der Waals surface area (Å²) in [6, 6.07) is 12.6. The Morgan fingerprint density at radius 2 is 1.96 bits per heavy atom. The minimum absolute atomic E-state index is 0.404. The van der Waals surface area contributed by atoms with E-state index in [1.165, 1.54) is 11.3 Å². The van der Waals surface area contributed by atoms with E-state index in [2.05, 4.69) is 5.10 Å². The van der Waals surface area contributed by atoms with Crippen LogP contribution in [0.5, 0.6) is 0 Å². The van der Waals surface area contributed by atoms with Crippen LogP contribution in [0.4, 0.5) is 0 Å². The van der Waals surface area contributed by atoms with Crippen LogP contribution in [-0.2, 0) is 9.59 Å². The van der Waals surface area contributed by atoms with Gasteiger partial charge in [0.1, 0.15) is 11.8 Å². The van der Waals surface area contributed by atoms with Gasteiger partial charge in [-0.25, -0.2) is 5.01 Å². The molecule has 2 aromatic rings. The van der Waals surface area contributed by atoms with Crippen molar-refractivity contribution in [3.8, 4) is 0 Å². The third kappa shape index (κ3) is 3.21. The molecule has 116 valence electrons. The highest BCUT2D eigenvalue weighted by Crippen LogP contribution is 2.33. The number of hydrogen-bond donors (Lipinski definition) is 0. The monoisotopic (exact) mass is 309 g/mol. The Morgan fingerprint density at radius 1 is 1.17 bits per heavy atom. The molecule has 0 spiro atoms. The number of carbonyl (C=O) groups excluding carboxylic acids is 2. The number of amides is 1. The lowest BCUT2D eigenvalue weighted by Gasteiger charge is -2.18. The van der Waals surface area contributed by atoms with Gasteiger partial charge in [0, 0.05) is 12.5 Å². The third-order valence-corrected chi connectivity index (χ3v) is 3.48. The molecule has 1 aromatic heterocycles. The van der Waals surface area contributed by atoms with Crippen molar-refractivity contribution >= 4 is 17.6 Å². The van der Waals surface area contributed by atoms with Crippen molar-refractivity contribution in [2.45, 2.75) is 12.5 Å². The number of carbonyl (C=O) groups is 2. The fourth-order valence-electron chi connectivity index (χ4n) is 2.44. The number of nitrogens with zero attached hydrogens (tertiary/aromatic N) is 2. The van der Waals surface area contributed by atoms with E-state index in [9.17, 15) is 14.7 Å². The molecule has 1 aliphatic heterocycles. The highest BCUT2D eigenvalue weighted by atomic mass is 16.4. The fourth-order valence-corrected chi connectivity index (χ4v) is 2.44. The normalized spacial score (nSPS) is 17.5. The Balaban J connectivity index is 1.92. The maximum atomic E-state index is 12.2. The minimum atomic E-state index is -1.43. The average molecular weight is 309 g/mol. The molecule has 0 saturated carbocycles. The summed E-state index contributed by atoms with van der Waals surface area (Å²) in [6.45, 7) is 0. The molecule has 0 aliphatic carbocycles. The van der Waals surface area contributed by atoms with Gasteiger partial charge < -0.3 is 14.3 Å². The molecule has 0 radical (unpaired) electrons. The first-order chi connectivity index (χ1) is 11.1. The van der Waals surface area contributed by atoms with E-state index in [0.717, 1.165) is 17.4 Å². The Labute approximate surface area is 132 Å². The molecule has 0 N–H and O–H groups in total. The standard InChI is InChI=1S/C17H14N2O4/c20-16(8-9-17(21)22)19-14(15-7-4-10-23-15)11-13(18-19)12-5-2-1-3-6-12/h1-10,14H,11H2,(H,21,22)/p-1/t14-/m1/s1. The lowest BCUT2D eigenvalue weighted by molar-refractivity contribution is -0.297. The third-order valence-electron chi connectivity index (χ3n) is 3.48. The van der Waals surface area contributed by atoms with Gasteiger partial charge in [-0.15, -0.1) is 0 Å². The Kier molecular flexibility index (Phi) is 4.05. The van der Waals surface area contributed by atoms with Crippen LogP contribution in [0.15, 0.2) is 70.4 Å². The first-order valence-electron chi connectivity index (χ1n) is 7.03. The molecule has 1 aromatic carbocycles. The van der Waals surface area contributed by atoms with Crippen LogP contribution in [0.2, 0.25) is 0 Å². The molecule has 0 fully saturated rings. The molecule has 0 saturated heterocycles. The van der Waals surface area contributed by atoms with Gasteiger partial charge in [0.2, 0.25) is 0 Å². The van der Waals surface area contributed by atoms with Crippen LogP contribution in [0.3, 0.4) is 0 Å². The molecule has 0 bridgehead atoms. The highest BCUT2D eigenvalue weighted by Gasteiger charge is 2.33. The minimum Gasteiger partial charge on any atom is -0.545 e. The largest absolute Gasteiger partial charge is 0.545 e.